The summed E-state index contributed by atoms with van der Waals surface area (Å²) in [5.74, 6) is 0.548. The van der Waals surface area contributed by atoms with Gasteiger partial charge in [0, 0.05) is 6.54 Å². The number of para-hydroxylation sites is 1. The van der Waals surface area contributed by atoms with Crippen molar-refractivity contribution in [1.82, 2.24) is 10.6 Å². The molecule has 0 fully saturated rings. The van der Waals surface area contributed by atoms with Gasteiger partial charge in [-0.3, -0.25) is 5.32 Å². The van der Waals surface area contributed by atoms with Gasteiger partial charge in [0.2, 0.25) is 0 Å². The van der Waals surface area contributed by atoms with Crippen LogP contribution in [0.15, 0.2) is 42.5 Å². The predicted molar refractivity (Wildman–Crippen MR) is 61.1 cm³/mol. The Labute approximate surface area is 94.3 Å². The average molecular weight is 218 g/mol. The molecule has 0 saturated carbocycles. The molecule has 1 unspecified atom stereocenters. The minimum Gasteiger partial charge on any atom is -0.410 e. The third-order valence-electron chi connectivity index (χ3n) is 2.27. The van der Waals surface area contributed by atoms with E-state index in [4.69, 9.17) is 4.74 Å². The summed E-state index contributed by atoms with van der Waals surface area (Å²) in [6.45, 7) is 0.774. The molecule has 0 radical (unpaired) electrons. The summed E-state index contributed by atoms with van der Waals surface area (Å²) < 4.78 is 5.10. The maximum absolute atomic E-state index is 11.5. The molecule has 1 amide bonds. The van der Waals surface area contributed by atoms with Gasteiger partial charge in [0.15, 0.2) is 0 Å². The molecule has 1 aliphatic rings. The largest absolute Gasteiger partial charge is 0.413 e. The van der Waals surface area contributed by atoms with Crippen LogP contribution in [0, 0.1) is 0 Å². The van der Waals surface area contributed by atoms with Crippen LogP contribution in [0.25, 0.3) is 0 Å². The Morgan fingerprint density at radius 1 is 1.31 bits per heavy atom. The van der Waals surface area contributed by atoms with Crippen LogP contribution in [-0.4, -0.2) is 18.8 Å². The van der Waals surface area contributed by atoms with E-state index in [0.29, 0.717) is 5.75 Å². The number of hydrogen-bond donors (Lipinski definition) is 2. The second-order valence-corrected chi connectivity index (χ2v) is 3.51. The lowest BCUT2D eigenvalue weighted by atomic mass is 10.2. The normalized spacial score (nSPS) is 19.1. The van der Waals surface area contributed by atoms with Gasteiger partial charge >= 0.3 is 6.09 Å². The van der Waals surface area contributed by atoms with Crippen molar-refractivity contribution in [3.8, 4) is 5.75 Å². The smallest absolute Gasteiger partial charge is 0.410 e. The number of amides is 1. The van der Waals surface area contributed by atoms with Crippen LogP contribution in [0.5, 0.6) is 5.75 Å². The molecule has 1 aliphatic heterocycles. The number of hydrogen-bond acceptors (Lipinski definition) is 3. The Morgan fingerprint density at radius 3 is 2.81 bits per heavy atom. The molecule has 0 saturated heterocycles. The molecule has 16 heavy (non-hydrogen) atoms. The maximum Gasteiger partial charge on any atom is 0.413 e. The minimum atomic E-state index is -0.431. The fourth-order valence-electron chi connectivity index (χ4n) is 1.49. The molecular formula is C12H14N2O2. The lowest BCUT2D eigenvalue weighted by Crippen LogP contribution is -2.47. The second kappa shape index (κ2) is 5.32. The molecule has 1 atom stereocenters. The van der Waals surface area contributed by atoms with Crippen LogP contribution in [0.4, 0.5) is 4.79 Å². The van der Waals surface area contributed by atoms with Crippen LogP contribution in [0.1, 0.15) is 6.42 Å². The first-order chi connectivity index (χ1) is 7.84. The van der Waals surface area contributed by atoms with Gasteiger partial charge in [0.1, 0.15) is 5.75 Å². The van der Waals surface area contributed by atoms with Crippen molar-refractivity contribution in [1.29, 1.82) is 0 Å². The van der Waals surface area contributed by atoms with Crippen LogP contribution in [0.3, 0.4) is 0 Å². The fourth-order valence-corrected chi connectivity index (χ4v) is 1.49. The van der Waals surface area contributed by atoms with Crippen molar-refractivity contribution in [2.24, 2.45) is 0 Å². The molecule has 84 valence electrons. The Morgan fingerprint density at radius 2 is 2.12 bits per heavy atom. The maximum atomic E-state index is 11.5. The topological polar surface area (TPSA) is 50.4 Å². The van der Waals surface area contributed by atoms with E-state index in [1.807, 2.05) is 30.4 Å². The van der Waals surface area contributed by atoms with Gasteiger partial charge in [0.05, 0.1) is 6.17 Å². The van der Waals surface area contributed by atoms with Gasteiger partial charge in [-0.2, -0.15) is 0 Å². The number of ether oxygens (including phenoxy) is 1. The van der Waals surface area contributed by atoms with Gasteiger partial charge in [-0.25, -0.2) is 4.79 Å². The molecular weight excluding hydrogens is 204 g/mol. The van der Waals surface area contributed by atoms with Crippen molar-refractivity contribution in [2.75, 3.05) is 6.54 Å². The van der Waals surface area contributed by atoms with Crippen LogP contribution in [-0.2, 0) is 0 Å². The molecule has 1 heterocycles. The van der Waals surface area contributed by atoms with Crippen molar-refractivity contribution in [3.63, 3.8) is 0 Å². The van der Waals surface area contributed by atoms with Gasteiger partial charge in [0.25, 0.3) is 0 Å². The number of carbonyl (C=O) groups excluding carboxylic acids is 1. The molecule has 0 aromatic heterocycles. The lowest BCUT2D eigenvalue weighted by molar-refractivity contribution is 0.193. The third-order valence-corrected chi connectivity index (χ3v) is 2.27. The summed E-state index contributed by atoms with van der Waals surface area (Å²) in [4.78, 5) is 11.5. The van der Waals surface area contributed by atoms with Crippen molar-refractivity contribution in [2.45, 2.75) is 12.6 Å². The van der Waals surface area contributed by atoms with E-state index in [9.17, 15) is 4.79 Å². The van der Waals surface area contributed by atoms with E-state index in [0.717, 1.165) is 13.0 Å². The minimum absolute atomic E-state index is 0.0405. The van der Waals surface area contributed by atoms with Crippen LogP contribution < -0.4 is 15.4 Å². The summed E-state index contributed by atoms with van der Waals surface area (Å²) in [6, 6.07) is 9.01. The molecule has 4 heteroatoms. The van der Waals surface area contributed by atoms with Crippen molar-refractivity contribution >= 4 is 6.09 Å². The number of carbonyl (C=O) groups is 1. The summed E-state index contributed by atoms with van der Waals surface area (Å²) in [6.07, 6.45) is 4.37. The van der Waals surface area contributed by atoms with Gasteiger partial charge in [-0.15, -0.1) is 0 Å². The quantitative estimate of drug-likeness (QED) is 0.742. The summed E-state index contributed by atoms with van der Waals surface area (Å²) in [5, 5.41) is 5.88. The zero-order valence-electron chi connectivity index (χ0n) is 8.85. The van der Waals surface area contributed by atoms with E-state index in [-0.39, 0.29) is 6.17 Å². The predicted octanol–water partition coefficient (Wildman–Crippen LogP) is 1.65. The fraction of sp³-hybridized carbons (Fsp3) is 0.250. The zero-order valence-corrected chi connectivity index (χ0v) is 8.85. The molecule has 2 N–H and O–H groups in total. The van der Waals surface area contributed by atoms with Crippen LogP contribution in [0.2, 0.25) is 0 Å². The SMILES string of the molecule is O=C(NC1CC=CCN1)Oc1ccccc1. The molecule has 0 spiro atoms. The second-order valence-electron chi connectivity index (χ2n) is 3.51. The monoisotopic (exact) mass is 218 g/mol. The molecule has 0 aliphatic carbocycles. The first-order valence-electron chi connectivity index (χ1n) is 5.26. The highest BCUT2D eigenvalue weighted by molar-refractivity contribution is 5.70. The van der Waals surface area contributed by atoms with Gasteiger partial charge < -0.3 is 10.1 Å². The van der Waals surface area contributed by atoms with Crippen molar-refractivity contribution < 1.29 is 9.53 Å². The molecule has 2 rings (SSSR count). The Balaban J connectivity index is 1.82. The van der Waals surface area contributed by atoms with Crippen molar-refractivity contribution in [3.05, 3.63) is 42.5 Å². The van der Waals surface area contributed by atoms with E-state index in [1.54, 1.807) is 12.1 Å². The first-order valence-corrected chi connectivity index (χ1v) is 5.26. The number of benzene rings is 1. The number of nitrogens with one attached hydrogen (secondary N) is 2. The van der Waals surface area contributed by atoms with E-state index < -0.39 is 6.09 Å². The summed E-state index contributed by atoms with van der Waals surface area (Å²) in [5.41, 5.74) is 0. The highest BCUT2D eigenvalue weighted by atomic mass is 16.6. The van der Waals surface area contributed by atoms with Gasteiger partial charge in [-0.05, 0) is 18.6 Å². The third kappa shape index (κ3) is 3.10. The number of rotatable bonds is 2. The standard InChI is InChI=1S/C12H14N2O2/c15-12(14-11-8-4-5-9-13-11)16-10-6-2-1-3-7-10/h1-7,11,13H,8-9H2,(H,14,15). The summed E-state index contributed by atoms with van der Waals surface area (Å²) >= 11 is 0. The van der Waals surface area contributed by atoms with Crippen LogP contribution >= 0.6 is 0 Å². The van der Waals surface area contributed by atoms with E-state index in [2.05, 4.69) is 10.6 Å². The average Bonchev–Trinajstić information content (AvgIpc) is 2.31. The highest BCUT2D eigenvalue weighted by Crippen LogP contribution is 2.08. The Kier molecular flexibility index (Phi) is 3.56. The van der Waals surface area contributed by atoms with E-state index >= 15 is 0 Å². The zero-order chi connectivity index (χ0) is 11.2. The van der Waals surface area contributed by atoms with E-state index in [1.165, 1.54) is 0 Å². The Bertz CT molecular complexity index is 376. The molecule has 0 bridgehead atoms. The molecule has 1 aromatic rings. The molecule has 1 aromatic carbocycles. The summed E-state index contributed by atoms with van der Waals surface area (Å²) in [7, 11) is 0. The lowest BCUT2D eigenvalue weighted by Gasteiger charge is -2.20. The molecule has 4 nitrogen and oxygen atoms in total. The Hall–Kier alpha value is -1.81. The first kappa shape index (κ1) is 10.7. The highest BCUT2D eigenvalue weighted by Gasteiger charge is 2.12. The van der Waals surface area contributed by atoms with Gasteiger partial charge in [-0.1, -0.05) is 30.4 Å².